The van der Waals surface area contributed by atoms with Crippen molar-refractivity contribution in [1.29, 1.82) is 0 Å². The van der Waals surface area contributed by atoms with Gasteiger partial charge in [0, 0.05) is 22.5 Å². The van der Waals surface area contributed by atoms with Crippen LogP contribution in [0.4, 0.5) is 0 Å². The van der Waals surface area contributed by atoms with Crippen LogP contribution in [0.5, 0.6) is 0 Å². The maximum Gasteiger partial charge on any atom is 0.147 e. The van der Waals surface area contributed by atoms with Crippen molar-refractivity contribution in [1.82, 2.24) is 15.5 Å². The molecule has 0 amide bonds. The van der Waals surface area contributed by atoms with Crippen LogP contribution in [0.1, 0.15) is 25.3 Å². The minimum atomic E-state index is 0.534. The molecule has 0 radical (unpaired) electrons. The van der Waals surface area contributed by atoms with Crippen molar-refractivity contribution >= 4 is 38.9 Å². The van der Waals surface area contributed by atoms with Gasteiger partial charge < -0.3 is 5.32 Å². The molecule has 0 atom stereocenters. The molecule has 1 aromatic heterocycles. The lowest BCUT2D eigenvalue weighted by atomic mass is 10.2. The summed E-state index contributed by atoms with van der Waals surface area (Å²) < 4.78 is 0.884. The third kappa shape index (κ3) is 4.52. The Balaban J connectivity index is 1.96. The standard InChI is InChI=1S/C14H17BrClN3S/c1-9(2)17-7-3-4-13-18-19-14(20-13)10-5-6-12(16)11(15)8-10/h5-6,8-9,17H,3-4,7H2,1-2H3. The van der Waals surface area contributed by atoms with Gasteiger partial charge in [0.1, 0.15) is 10.0 Å². The highest BCUT2D eigenvalue weighted by Crippen LogP contribution is 2.30. The second-order valence-electron chi connectivity index (χ2n) is 4.84. The van der Waals surface area contributed by atoms with Crippen molar-refractivity contribution in [2.24, 2.45) is 0 Å². The number of aromatic nitrogens is 2. The summed E-state index contributed by atoms with van der Waals surface area (Å²) in [5, 5.41) is 14.6. The Bertz CT molecular complexity index is 571. The maximum atomic E-state index is 6.00. The predicted octanol–water partition coefficient (Wildman–Crippen LogP) is 4.55. The van der Waals surface area contributed by atoms with Crippen LogP contribution in [0.3, 0.4) is 0 Å². The molecule has 0 fully saturated rings. The normalized spacial score (nSPS) is 11.2. The highest BCUT2D eigenvalue weighted by Gasteiger charge is 2.08. The predicted molar refractivity (Wildman–Crippen MR) is 89.5 cm³/mol. The van der Waals surface area contributed by atoms with Crippen LogP contribution in [-0.2, 0) is 6.42 Å². The van der Waals surface area contributed by atoms with Gasteiger partial charge in [-0.15, -0.1) is 10.2 Å². The molecule has 0 unspecified atom stereocenters. The van der Waals surface area contributed by atoms with Crippen molar-refractivity contribution in [2.75, 3.05) is 6.54 Å². The summed E-state index contributed by atoms with van der Waals surface area (Å²) in [4.78, 5) is 0. The van der Waals surface area contributed by atoms with Crippen molar-refractivity contribution in [3.63, 3.8) is 0 Å². The topological polar surface area (TPSA) is 37.8 Å². The van der Waals surface area contributed by atoms with E-state index in [0.717, 1.165) is 39.4 Å². The van der Waals surface area contributed by atoms with Gasteiger partial charge in [-0.2, -0.15) is 0 Å². The minimum absolute atomic E-state index is 0.534. The van der Waals surface area contributed by atoms with Gasteiger partial charge in [0.05, 0.1) is 5.02 Å². The van der Waals surface area contributed by atoms with Crippen LogP contribution in [0.2, 0.25) is 5.02 Å². The van der Waals surface area contributed by atoms with Crippen molar-refractivity contribution < 1.29 is 0 Å². The highest BCUT2D eigenvalue weighted by molar-refractivity contribution is 9.10. The van der Waals surface area contributed by atoms with Crippen LogP contribution in [0.25, 0.3) is 10.6 Å². The van der Waals surface area contributed by atoms with Crippen molar-refractivity contribution in [3.8, 4) is 10.6 Å². The Labute approximate surface area is 136 Å². The maximum absolute atomic E-state index is 6.00. The van der Waals surface area contributed by atoms with E-state index < -0.39 is 0 Å². The Morgan fingerprint density at radius 1 is 1.35 bits per heavy atom. The Hall–Kier alpha value is -0.490. The first-order valence-electron chi connectivity index (χ1n) is 6.57. The van der Waals surface area contributed by atoms with Gasteiger partial charge in [-0.3, -0.25) is 0 Å². The van der Waals surface area contributed by atoms with E-state index in [1.165, 1.54) is 0 Å². The first-order chi connectivity index (χ1) is 9.56. The number of aryl methyl sites for hydroxylation is 1. The average molecular weight is 375 g/mol. The van der Waals surface area contributed by atoms with Crippen LogP contribution >= 0.6 is 38.9 Å². The van der Waals surface area contributed by atoms with Crippen LogP contribution < -0.4 is 5.32 Å². The zero-order valence-corrected chi connectivity index (χ0v) is 14.6. The monoisotopic (exact) mass is 373 g/mol. The highest BCUT2D eigenvalue weighted by atomic mass is 79.9. The van der Waals surface area contributed by atoms with Gasteiger partial charge in [0.25, 0.3) is 0 Å². The Morgan fingerprint density at radius 3 is 2.85 bits per heavy atom. The average Bonchev–Trinajstić information content (AvgIpc) is 2.86. The van der Waals surface area contributed by atoms with Crippen LogP contribution in [0.15, 0.2) is 22.7 Å². The van der Waals surface area contributed by atoms with Crippen LogP contribution in [-0.4, -0.2) is 22.8 Å². The molecule has 1 aromatic carbocycles. The molecule has 1 N–H and O–H groups in total. The molecule has 0 aliphatic heterocycles. The third-order valence-electron chi connectivity index (χ3n) is 2.75. The molecule has 1 heterocycles. The fourth-order valence-electron chi connectivity index (χ4n) is 1.73. The smallest absolute Gasteiger partial charge is 0.147 e. The lowest BCUT2D eigenvalue weighted by molar-refractivity contribution is 0.569. The summed E-state index contributed by atoms with van der Waals surface area (Å²) in [6, 6.07) is 6.35. The number of hydrogen-bond acceptors (Lipinski definition) is 4. The molecule has 6 heteroatoms. The zero-order valence-electron chi connectivity index (χ0n) is 11.5. The van der Waals surface area contributed by atoms with Gasteiger partial charge in [-0.1, -0.05) is 42.9 Å². The van der Waals surface area contributed by atoms with E-state index in [-0.39, 0.29) is 0 Å². The van der Waals surface area contributed by atoms with E-state index in [9.17, 15) is 0 Å². The second-order valence-corrected chi connectivity index (χ2v) is 7.17. The molecule has 20 heavy (non-hydrogen) atoms. The van der Waals surface area contributed by atoms with E-state index in [4.69, 9.17) is 11.6 Å². The molecule has 2 rings (SSSR count). The summed E-state index contributed by atoms with van der Waals surface area (Å²) in [6.07, 6.45) is 2.04. The second kappa shape index (κ2) is 7.50. The third-order valence-corrected chi connectivity index (χ3v) is 5.00. The Kier molecular flexibility index (Phi) is 5.96. The summed E-state index contributed by atoms with van der Waals surface area (Å²) in [7, 11) is 0. The summed E-state index contributed by atoms with van der Waals surface area (Å²) in [5.41, 5.74) is 1.05. The molecule has 108 valence electrons. The molecule has 0 spiro atoms. The Morgan fingerprint density at radius 2 is 2.15 bits per heavy atom. The zero-order chi connectivity index (χ0) is 14.5. The lowest BCUT2D eigenvalue weighted by Crippen LogP contribution is -2.23. The van der Waals surface area contributed by atoms with E-state index >= 15 is 0 Å². The molecule has 0 aliphatic rings. The number of halogens is 2. The molecule has 3 nitrogen and oxygen atoms in total. The first-order valence-corrected chi connectivity index (χ1v) is 8.56. The molecular formula is C14H17BrClN3S. The van der Waals surface area contributed by atoms with E-state index in [0.29, 0.717) is 11.1 Å². The van der Waals surface area contributed by atoms with Crippen LogP contribution in [0, 0.1) is 0 Å². The largest absolute Gasteiger partial charge is 0.315 e. The molecule has 2 aromatic rings. The summed E-state index contributed by atoms with van der Waals surface area (Å²) >= 11 is 11.1. The van der Waals surface area contributed by atoms with E-state index in [2.05, 4.69) is 45.3 Å². The molecule has 0 bridgehead atoms. The lowest BCUT2D eigenvalue weighted by Gasteiger charge is -2.05. The summed E-state index contributed by atoms with van der Waals surface area (Å²) in [6.45, 7) is 5.32. The number of nitrogens with zero attached hydrogens (tertiary/aromatic N) is 2. The van der Waals surface area contributed by atoms with Crippen molar-refractivity contribution in [3.05, 3.63) is 32.7 Å². The molecular weight excluding hydrogens is 358 g/mol. The number of hydrogen-bond donors (Lipinski definition) is 1. The van der Waals surface area contributed by atoms with Gasteiger partial charge in [0.15, 0.2) is 0 Å². The fourth-order valence-corrected chi connectivity index (χ4v) is 3.10. The summed E-state index contributed by atoms with van der Waals surface area (Å²) in [5.74, 6) is 0. The SMILES string of the molecule is CC(C)NCCCc1nnc(-c2ccc(Cl)c(Br)c2)s1. The van der Waals surface area contributed by atoms with E-state index in [1.54, 1.807) is 11.3 Å². The number of rotatable bonds is 6. The van der Waals surface area contributed by atoms with Gasteiger partial charge in [0.2, 0.25) is 0 Å². The van der Waals surface area contributed by atoms with Crippen molar-refractivity contribution in [2.45, 2.75) is 32.7 Å². The minimum Gasteiger partial charge on any atom is -0.315 e. The molecule has 0 saturated heterocycles. The quantitative estimate of drug-likeness (QED) is 0.754. The van der Waals surface area contributed by atoms with Gasteiger partial charge in [-0.25, -0.2) is 0 Å². The van der Waals surface area contributed by atoms with Gasteiger partial charge in [-0.05, 0) is 41.0 Å². The number of benzene rings is 1. The van der Waals surface area contributed by atoms with E-state index in [1.807, 2.05) is 18.2 Å². The first kappa shape index (κ1) is 15.9. The fraction of sp³-hybridized carbons (Fsp3) is 0.429. The van der Waals surface area contributed by atoms with Gasteiger partial charge >= 0.3 is 0 Å². The molecule has 0 aliphatic carbocycles. The molecule has 0 saturated carbocycles. The number of nitrogens with one attached hydrogen (secondary N) is 1.